The second-order valence-electron chi connectivity index (χ2n) is 4.42. The van der Waals surface area contributed by atoms with E-state index in [0.717, 1.165) is 6.42 Å². The summed E-state index contributed by atoms with van der Waals surface area (Å²) in [5.41, 5.74) is 0.777. The molecule has 6 heteroatoms. The standard InChI is InChI=1S/C14H16FN3O2/c1-2-6-16-13(19)8-17-14(20)12-7-9-10(15)4-3-5-11(9)18-12/h3-5,7,18H,2,6,8H2,1H3,(H,16,19)(H,17,20). The third-order valence-corrected chi connectivity index (χ3v) is 2.84. The largest absolute Gasteiger partial charge is 0.355 e. The first kappa shape index (κ1) is 14.0. The number of aromatic amines is 1. The van der Waals surface area contributed by atoms with Crippen molar-refractivity contribution in [1.29, 1.82) is 0 Å². The number of nitrogens with one attached hydrogen (secondary N) is 3. The van der Waals surface area contributed by atoms with Crippen LogP contribution >= 0.6 is 0 Å². The summed E-state index contributed by atoms with van der Waals surface area (Å²) in [4.78, 5) is 26.0. The number of hydrogen-bond donors (Lipinski definition) is 3. The Kier molecular flexibility index (Phi) is 4.34. The molecule has 5 nitrogen and oxygen atoms in total. The van der Waals surface area contributed by atoms with Gasteiger partial charge in [0.05, 0.1) is 6.54 Å². The zero-order chi connectivity index (χ0) is 14.5. The third-order valence-electron chi connectivity index (χ3n) is 2.84. The molecule has 0 saturated carbocycles. The van der Waals surface area contributed by atoms with Crippen molar-refractivity contribution in [2.75, 3.05) is 13.1 Å². The Labute approximate surface area is 115 Å². The van der Waals surface area contributed by atoms with Crippen LogP contribution in [0.5, 0.6) is 0 Å². The van der Waals surface area contributed by atoms with Gasteiger partial charge < -0.3 is 15.6 Å². The topological polar surface area (TPSA) is 74.0 Å². The number of hydrogen-bond acceptors (Lipinski definition) is 2. The molecule has 1 aromatic heterocycles. The maximum Gasteiger partial charge on any atom is 0.268 e. The molecule has 0 bridgehead atoms. The van der Waals surface area contributed by atoms with E-state index in [1.54, 1.807) is 12.1 Å². The number of fused-ring (bicyclic) bond motifs is 1. The van der Waals surface area contributed by atoms with E-state index in [4.69, 9.17) is 0 Å². The molecule has 2 rings (SSSR count). The Bertz CT molecular complexity index is 636. The minimum absolute atomic E-state index is 0.101. The van der Waals surface area contributed by atoms with Gasteiger partial charge in [0.15, 0.2) is 0 Å². The van der Waals surface area contributed by atoms with Gasteiger partial charge in [-0.25, -0.2) is 4.39 Å². The third kappa shape index (κ3) is 3.14. The van der Waals surface area contributed by atoms with Gasteiger partial charge in [-0.15, -0.1) is 0 Å². The number of H-pyrrole nitrogens is 1. The van der Waals surface area contributed by atoms with Crippen molar-refractivity contribution in [2.45, 2.75) is 13.3 Å². The van der Waals surface area contributed by atoms with Gasteiger partial charge in [0, 0.05) is 17.4 Å². The van der Waals surface area contributed by atoms with E-state index >= 15 is 0 Å². The smallest absolute Gasteiger partial charge is 0.268 e. The molecule has 0 unspecified atom stereocenters. The number of halogens is 1. The van der Waals surface area contributed by atoms with Crippen LogP contribution in [0.2, 0.25) is 0 Å². The highest BCUT2D eigenvalue weighted by atomic mass is 19.1. The highest BCUT2D eigenvalue weighted by Crippen LogP contribution is 2.18. The molecule has 0 atom stereocenters. The summed E-state index contributed by atoms with van der Waals surface area (Å²) < 4.78 is 13.5. The number of carbonyl (C=O) groups is 2. The van der Waals surface area contributed by atoms with E-state index < -0.39 is 11.7 Å². The fourth-order valence-corrected chi connectivity index (χ4v) is 1.82. The van der Waals surface area contributed by atoms with Gasteiger partial charge in [-0.1, -0.05) is 13.0 Å². The molecule has 0 aliphatic heterocycles. The maximum atomic E-state index is 13.5. The predicted octanol–water partition coefficient (Wildman–Crippen LogP) is 1.56. The van der Waals surface area contributed by atoms with Gasteiger partial charge in [0.2, 0.25) is 5.91 Å². The summed E-state index contributed by atoms with van der Waals surface area (Å²) in [5, 5.41) is 5.49. The highest BCUT2D eigenvalue weighted by Gasteiger charge is 2.12. The van der Waals surface area contributed by atoms with Crippen molar-refractivity contribution >= 4 is 22.7 Å². The Morgan fingerprint density at radius 3 is 2.80 bits per heavy atom. The number of benzene rings is 1. The van der Waals surface area contributed by atoms with Crippen LogP contribution in [0, 0.1) is 5.82 Å². The number of rotatable bonds is 5. The Balaban J connectivity index is 2.01. The first-order valence-electron chi connectivity index (χ1n) is 6.44. The lowest BCUT2D eigenvalue weighted by atomic mass is 10.2. The maximum absolute atomic E-state index is 13.5. The average Bonchev–Trinajstić information content (AvgIpc) is 2.88. The SMILES string of the molecule is CCCNC(=O)CNC(=O)c1cc2c(F)cccc2[nH]1. The van der Waals surface area contributed by atoms with Crippen LogP contribution in [-0.2, 0) is 4.79 Å². The summed E-state index contributed by atoms with van der Waals surface area (Å²) >= 11 is 0. The van der Waals surface area contributed by atoms with Crippen LogP contribution in [0.4, 0.5) is 4.39 Å². The first-order valence-corrected chi connectivity index (χ1v) is 6.44. The summed E-state index contributed by atoms with van der Waals surface area (Å²) in [6.45, 7) is 2.42. The number of amides is 2. The van der Waals surface area contributed by atoms with Gasteiger partial charge >= 0.3 is 0 Å². The highest BCUT2D eigenvalue weighted by molar-refractivity contribution is 5.99. The fraction of sp³-hybridized carbons (Fsp3) is 0.286. The van der Waals surface area contributed by atoms with Crippen LogP contribution in [0.1, 0.15) is 23.8 Å². The van der Waals surface area contributed by atoms with E-state index in [1.165, 1.54) is 12.1 Å². The fourth-order valence-electron chi connectivity index (χ4n) is 1.82. The minimum Gasteiger partial charge on any atom is -0.355 e. The van der Waals surface area contributed by atoms with Crippen molar-refractivity contribution in [1.82, 2.24) is 15.6 Å². The quantitative estimate of drug-likeness (QED) is 0.776. The number of aromatic nitrogens is 1. The van der Waals surface area contributed by atoms with Gasteiger partial charge in [-0.3, -0.25) is 9.59 Å². The van der Waals surface area contributed by atoms with Crippen LogP contribution in [0.25, 0.3) is 10.9 Å². The molecule has 106 valence electrons. The van der Waals surface area contributed by atoms with Crippen molar-refractivity contribution in [2.24, 2.45) is 0 Å². The Hall–Kier alpha value is -2.37. The van der Waals surface area contributed by atoms with Crippen LogP contribution in [0.3, 0.4) is 0 Å². The van der Waals surface area contributed by atoms with E-state index in [9.17, 15) is 14.0 Å². The molecule has 3 N–H and O–H groups in total. The second kappa shape index (κ2) is 6.18. The van der Waals surface area contributed by atoms with Crippen LogP contribution in [0.15, 0.2) is 24.3 Å². The molecule has 0 aliphatic rings. The normalized spacial score (nSPS) is 10.5. The summed E-state index contributed by atoms with van der Waals surface area (Å²) in [6.07, 6.45) is 0.834. The zero-order valence-corrected chi connectivity index (χ0v) is 11.1. The van der Waals surface area contributed by atoms with Crippen LogP contribution < -0.4 is 10.6 Å². The average molecular weight is 277 g/mol. The molecular weight excluding hydrogens is 261 g/mol. The lowest BCUT2D eigenvalue weighted by molar-refractivity contribution is -0.120. The predicted molar refractivity (Wildman–Crippen MR) is 73.9 cm³/mol. The Morgan fingerprint density at radius 1 is 1.30 bits per heavy atom. The number of carbonyl (C=O) groups excluding carboxylic acids is 2. The molecule has 20 heavy (non-hydrogen) atoms. The van der Waals surface area contributed by atoms with E-state index in [-0.39, 0.29) is 18.1 Å². The summed E-state index contributed by atoms with van der Waals surface area (Å²) in [7, 11) is 0. The molecule has 0 spiro atoms. The molecule has 0 aliphatic carbocycles. The lowest BCUT2D eigenvalue weighted by Crippen LogP contribution is -2.37. The summed E-state index contributed by atoms with van der Waals surface area (Å²) in [5.74, 6) is -1.08. The zero-order valence-electron chi connectivity index (χ0n) is 11.1. The van der Waals surface area contributed by atoms with Crippen molar-refractivity contribution in [3.8, 4) is 0 Å². The van der Waals surface area contributed by atoms with Crippen molar-refractivity contribution in [3.05, 3.63) is 35.8 Å². The second-order valence-corrected chi connectivity index (χ2v) is 4.42. The molecule has 2 amide bonds. The molecule has 1 aromatic carbocycles. The molecular formula is C14H16FN3O2. The van der Waals surface area contributed by atoms with E-state index in [1.807, 2.05) is 6.92 Å². The monoisotopic (exact) mass is 277 g/mol. The van der Waals surface area contributed by atoms with Gasteiger partial charge in [-0.2, -0.15) is 0 Å². The summed E-state index contributed by atoms with van der Waals surface area (Å²) in [6, 6.07) is 6.01. The van der Waals surface area contributed by atoms with Crippen molar-refractivity contribution < 1.29 is 14.0 Å². The Morgan fingerprint density at radius 2 is 2.10 bits per heavy atom. The van der Waals surface area contributed by atoms with Crippen LogP contribution in [-0.4, -0.2) is 29.9 Å². The molecule has 0 radical (unpaired) electrons. The van der Waals surface area contributed by atoms with Gasteiger partial charge in [0.1, 0.15) is 11.5 Å². The molecule has 0 fully saturated rings. The van der Waals surface area contributed by atoms with E-state index in [2.05, 4.69) is 15.6 Å². The van der Waals surface area contributed by atoms with Gasteiger partial charge in [0.25, 0.3) is 5.91 Å². The first-order chi connectivity index (χ1) is 9.61. The van der Waals surface area contributed by atoms with E-state index in [0.29, 0.717) is 17.4 Å². The van der Waals surface area contributed by atoms with Crippen molar-refractivity contribution in [3.63, 3.8) is 0 Å². The molecule has 0 saturated heterocycles. The lowest BCUT2D eigenvalue weighted by Gasteiger charge is -2.04. The minimum atomic E-state index is -0.438. The van der Waals surface area contributed by atoms with Gasteiger partial charge in [-0.05, 0) is 24.6 Å². The molecule has 2 aromatic rings. The molecule has 1 heterocycles.